The normalized spacial score (nSPS) is 11.1. The van der Waals surface area contributed by atoms with Crippen LogP contribution in [0, 0.1) is 0 Å². The van der Waals surface area contributed by atoms with Gasteiger partial charge in [0.2, 0.25) is 0 Å². The quantitative estimate of drug-likeness (QED) is 0.746. The number of rotatable bonds is 5. The molecule has 0 aliphatic carbocycles. The van der Waals surface area contributed by atoms with Crippen molar-refractivity contribution in [1.29, 1.82) is 0 Å². The fraction of sp³-hybridized carbons (Fsp3) is 0.455. The molecule has 2 aromatic rings. The summed E-state index contributed by atoms with van der Waals surface area (Å²) in [5, 5.41) is 7.29. The Morgan fingerprint density at radius 3 is 3.06 bits per heavy atom. The molecule has 0 atom stereocenters. The van der Waals surface area contributed by atoms with E-state index < -0.39 is 0 Å². The van der Waals surface area contributed by atoms with E-state index in [4.69, 9.17) is 0 Å². The fourth-order valence-electron chi connectivity index (χ4n) is 1.64. The van der Waals surface area contributed by atoms with Gasteiger partial charge in [0.1, 0.15) is 5.52 Å². The van der Waals surface area contributed by atoms with Crippen LogP contribution in [0.3, 0.4) is 0 Å². The van der Waals surface area contributed by atoms with E-state index in [1.165, 1.54) is 0 Å². The second-order valence-electron chi connectivity index (χ2n) is 3.71. The van der Waals surface area contributed by atoms with Crippen LogP contribution in [0.25, 0.3) is 5.52 Å². The molecule has 2 rings (SSSR count). The van der Waals surface area contributed by atoms with Crippen molar-refractivity contribution in [3.63, 3.8) is 0 Å². The smallest absolute Gasteiger partial charge is 0.276 e. The molecule has 0 saturated carbocycles. The third-order valence-electron chi connectivity index (χ3n) is 2.49. The lowest BCUT2D eigenvalue weighted by Crippen LogP contribution is -2.27. The Balaban J connectivity index is 2.12. The zero-order chi connectivity index (χ0) is 11.4. The van der Waals surface area contributed by atoms with Crippen LogP contribution in [0.5, 0.6) is 0 Å². The monoisotopic (exact) mass is 220 g/mol. The maximum Gasteiger partial charge on any atom is 0.276 e. The highest BCUT2D eigenvalue weighted by molar-refractivity contribution is 5.42. The van der Waals surface area contributed by atoms with Gasteiger partial charge in [-0.25, -0.2) is 4.52 Å². The Morgan fingerprint density at radius 1 is 1.38 bits per heavy atom. The molecule has 16 heavy (non-hydrogen) atoms. The summed E-state index contributed by atoms with van der Waals surface area (Å²) in [6.45, 7) is 4.62. The van der Waals surface area contributed by atoms with Gasteiger partial charge >= 0.3 is 0 Å². The molecule has 0 saturated heterocycles. The van der Waals surface area contributed by atoms with E-state index in [1.807, 2.05) is 0 Å². The average molecular weight is 220 g/mol. The molecule has 2 heterocycles. The van der Waals surface area contributed by atoms with Crippen LogP contribution >= 0.6 is 0 Å². The molecule has 0 unspecified atom stereocenters. The maximum atomic E-state index is 11.9. The largest absolute Gasteiger partial charge is 0.315 e. The topological polar surface area (TPSA) is 51.3 Å². The number of hydrogen-bond donors (Lipinski definition) is 1. The van der Waals surface area contributed by atoms with E-state index in [0.717, 1.165) is 19.5 Å². The van der Waals surface area contributed by atoms with Crippen molar-refractivity contribution in [1.82, 2.24) is 19.5 Å². The molecular weight excluding hydrogens is 204 g/mol. The van der Waals surface area contributed by atoms with Gasteiger partial charge in [-0.2, -0.15) is 5.10 Å². The first-order chi connectivity index (χ1) is 7.83. The summed E-state index contributed by atoms with van der Waals surface area (Å²) in [7, 11) is 0. The van der Waals surface area contributed by atoms with Gasteiger partial charge < -0.3 is 9.88 Å². The molecule has 0 aliphatic rings. The second-order valence-corrected chi connectivity index (χ2v) is 3.71. The Morgan fingerprint density at radius 2 is 2.25 bits per heavy atom. The van der Waals surface area contributed by atoms with Crippen LogP contribution < -0.4 is 10.9 Å². The molecule has 0 aromatic carbocycles. The van der Waals surface area contributed by atoms with E-state index in [2.05, 4.69) is 17.3 Å². The van der Waals surface area contributed by atoms with Gasteiger partial charge in [-0.3, -0.25) is 4.79 Å². The Hall–Kier alpha value is -1.62. The van der Waals surface area contributed by atoms with Gasteiger partial charge in [-0.15, -0.1) is 0 Å². The van der Waals surface area contributed by atoms with E-state index >= 15 is 0 Å². The van der Waals surface area contributed by atoms with Crippen LogP contribution in [-0.4, -0.2) is 27.3 Å². The third kappa shape index (κ3) is 2.14. The molecule has 0 amide bonds. The minimum atomic E-state index is 0.0123. The highest BCUT2D eigenvalue weighted by atomic mass is 16.1. The number of nitrogens with zero attached hydrogens (tertiary/aromatic N) is 3. The van der Waals surface area contributed by atoms with Crippen LogP contribution in [0.1, 0.15) is 13.3 Å². The fourth-order valence-corrected chi connectivity index (χ4v) is 1.64. The van der Waals surface area contributed by atoms with Crippen molar-refractivity contribution >= 4 is 5.52 Å². The van der Waals surface area contributed by atoms with Crippen molar-refractivity contribution in [3.05, 3.63) is 35.0 Å². The van der Waals surface area contributed by atoms with Gasteiger partial charge in [0.05, 0.1) is 6.20 Å². The second kappa shape index (κ2) is 4.94. The standard InChI is InChI=1S/C11H16N4O/c1-2-4-12-6-7-14-8-9-15-10(11(14)16)3-5-13-15/h3,5,8-9,12H,2,4,6-7H2,1H3. The highest BCUT2D eigenvalue weighted by Crippen LogP contribution is 1.93. The van der Waals surface area contributed by atoms with Gasteiger partial charge in [0, 0.05) is 25.5 Å². The van der Waals surface area contributed by atoms with Crippen LogP contribution in [0.2, 0.25) is 0 Å². The molecule has 2 aromatic heterocycles. The average Bonchev–Trinajstić information content (AvgIpc) is 2.76. The highest BCUT2D eigenvalue weighted by Gasteiger charge is 2.01. The Labute approximate surface area is 93.7 Å². The first-order valence-electron chi connectivity index (χ1n) is 5.56. The number of hydrogen-bond acceptors (Lipinski definition) is 3. The van der Waals surface area contributed by atoms with E-state index in [9.17, 15) is 4.79 Å². The lowest BCUT2D eigenvalue weighted by atomic mass is 10.4. The van der Waals surface area contributed by atoms with Crippen molar-refractivity contribution in [3.8, 4) is 0 Å². The van der Waals surface area contributed by atoms with Crippen LogP contribution in [-0.2, 0) is 6.54 Å². The summed E-state index contributed by atoms with van der Waals surface area (Å²) < 4.78 is 3.30. The lowest BCUT2D eigenvalue weighted by molar-refractivity contribution is 0.580. The first-order valence-corrected chi connectivity index (χ1v) is 5.56. The van der Waals surface area contributed by atoms with Crippen LogP contribution in [0.4, 0.5) is 0 Å². The zero-order valence-electron chi connectivity index (χ0n) is 9.39. The van der Waals surface area contributed by atoms with E-state index in [-0.39, 0.29) is 5.56 Å². The number of aromatic nitrogens is 3. The Bertz CT molecular complexity index is 514. The van der Waals surface area contributed by atoms with Crippen molar-refractivity contribution < 1.29 is 0 Å². The molecule has 5 heteroatoms. The summed E-state index contributed by atoms with van der Waals surface area (Å²) in [5.41, 5.74) is 0.635. The molecule has 0 bridgehead atoms. The van der Waals surface area contributed by atoms with Gasteiger partial charge in [0.25, 0.3) is 5.56 Å². The van der Waals surface area contributed by atoms with Crippen molar-refractivity contribution in [2.24, 2.45) is 0 Å². The summed E-state index contributed by atoms with van der Waals surface area (Å²) in [6.07, 6.45) is 6.32. The predicted octanol–water partition coefficient (Wildman–Crippen LogP) is 0.496. The van der Waals surface area contributed by atoms with Gasteiger partial charge in [0.15, 0.2) is 0 Å². The third-order valence-corrected chi connectivity index (χ3v) is 2.49. The summed E-state index contributed by atoms with van der Waals surface area (Å²) in [6, 6.07) is 1.73. The molecule has 0 radical (unpaired) electrons. The molecular formula is C11H16N4O. The predicted molar refractivity (Wildman–Crippen MR) is 62.6 cm³/mol. The summed E-state index contributed by atoms with van der Waals surface area (Å²) in [5.74, 6) is 0. The minimum Gasteiger partial charge on any atom is -0.315 e. The molecule has 0 aliphatic heterocycles. The number of nitrogens with one attached hydrogen (secondary N) is 1. The van der Waals surface area contributed by atoms with Gasteiger partial charge in [-0.05, 0) is 19.0 Å². The molecule has 86 valence electrons. The van der Waals surface area contributed by atoms with Crippen molar-refractivity contribution in [2.45, 2.75) is 19.9 Å². The zero-order valence-corrected chi connectivity index (χ0v) is 9.39. The SMILES string of the molecule is CCCNCCn1ccn2nccc2c1=O. The van der Waals surface area contributed by atoms with E-state index in [0.29, 0.717) is 12.1 Å². The molecule has 5 nitrogen and oxygen atoms in total. The van der Waals surface area contributed by atoms with E-state index in [1.54, 1.807) is 33.7 Å². The first kappa shape index (κ1) is 10.9. The Kier molecular flexibility index (Phi) is 3.36. The number of fused-ring (bicyclic) bond motifs is 1. The molecule has 0 spiro atoms. The van der Waals surface area contributed by atoms with Crippen molar-refractivity contribution in [2.75, 3.05) is 13.1 Å². The molecule has 0 fully saturated rings. The summed E-state index contributed by atoms with van der Waals surface area (Å²) >= 11 is 0. The van der Waals surface area contributed by atoms with Gasteiger partial charge in [-0.1, -0.05) is 6.92 Å². The van der Waals surface area contributed by atoms with Crippen LogP contribution in [0.15, 0.2) is 29.5 Å². The molecule has 1 N–H and O–H groups in total. The minimum absolute atomic E-state index is 0.0123. The lowest BCUT2D eigenvalue weighted by Gasteiger charge is -2.06. The maximum absolute atomic E-state index is 11.9. The summed E-state index contributed by atoms with van der Waals surface area (Å²) in [4.78, 5) is 11.9.